The third-order valence-corrected chi connectivity index (χ3v) is 3.25. The number of para-hydroxylation sites is 2. The molecular weight excluding hydrogens is 250 g/mol. The van der Waals surface area contributed by atoms with Crippen molar-refractivity contribution in [3.63, 3.8) is 0 Å². The Bertz CT molecular complexity index is 760. The Labute approximate surface area is 117 Å². The lowest BCUT2D eigenvalue weighted by atomic mass is 10.2. The van der Waals surface area contributed by atoms with Gasteiger partial charge in [0.25, 0.3) is 6.33 Å². The van der Waals surface area contributed by atoms with Crippen molar-refractivity contribution in [1.82, 2.24) is 4.68 Å². The van der Waals surface area contributed by atoms with Crippen LogP contribution in [0.25, 0.3) is 11.0 Å². The first kappa shape index (κ1) is 12.4. The molecule has 4 heteroatoms. The number of hydrogen-bond acceptors (Lipinski definition) is 2. The molecule has 100 valence electrons. The van der Waals surface area contributed by atoms with Crippen molar-refractivity contribution in [3.05, 3.63) is 66.5 Å². The second-order valence-electron chi connectivity index (χ2n) is 4.51. The molecule has 0 N–H and O–H groups in total. The summed E-state index contributed by atoms with van der Waals surface area (Å²) in [6.07, 6.45) is 1.85. The molecule has 0 aliphatic carbocycles. The van der Waals surface area contributed by atoms with Gasteiger partial charge >= 0.3 is 0 Å². The number of benzene rings is 2. The van der Waals surface area contributed by atoms with E-state index in [0.717, 1.165) is 17.6 Å². The summed E-state index contributed by atoms with van der Waals surface area (Å²) in [6, 6.07) is 17.0. The fourth-order valence-electron chi connectivity index (χ4n) is 2.23. The number of hydrogen-bond donors (Lipinski definition) is 0. The summed E-state index contributed by atoms with van der Waals surface area (Å²) in [4.78, 5) is 0. The van der Waals surface area contributed by atoms with E-state index in [1.54, 1.807) is 16.8 Å². The Morgan fingerprint density at radius 1 is 1.10 bits per heavy atom. The highest BCUT2D eigenvalue weighted by molar-refractivity contribution is 5.90. The van der Waals surface area contributed by atoms with Gasteiger partial charge in [0.1, 0.15) is 0 Å². The molecule has 0 aliphatic heterocycles. The van der Waals surface area contributed by atoms with Gasteiger partial charge in [0.2, 0.25) is 5.52 Å². The molecule has 0 saturated heterocycles. The van der Waals surface area contributed by atoms with Gasteiger partial charge in [0.15, 0.2) is 5.52 Å². The van der Waals surface area contributed by atoms with Crippen LogP contribution in [0.2, 0.25) is 0 Å². The summed E-state index contributed by atoms with van der Waals surface area (Å²) < 4.78 is 3.71. The SMILES string of the molecule is CC[n+]1cn(/N=C(/[O-])c2ccccc2)c2ccccc21. The molecule has 0 unspecified atom stereocenters. The fourth-order valence-corrected chi connectivity index (χ4v) is 2.23. The monoisotopic (exact) mass is 265 g/mol. The molecule has 20 heavy (non-hydrogen) atoms. The highest BCUT2D eigenvalue weighted by atomic mass is 16.3. The summed E-state index contributed by atoms with van der Waals surface area (Å²) in [5.41, 5.74) is 2.59. The molecule has 0 spiro atoms. The van der Waals surface area contributed by atoms with Crippen molar-refractivity contribution in [2.45, 2.75) is 13.5 Å². The minimum absolute atomic E-state index is 0.241. The van der Waals surface area contributed by atoms with Gasteiger partial charge in [-0.1, -0.05) is 47.6 Å². The van der Waals surface area contributed by atoms with Crippen molar-refractivity contribution in [1.29, 1.82) is 0 Å². The Hall–Kier alpha value is -2.62. The number of aromatic nitrogens is 2. The van der Waals surface area contributed by atoms with Crippen molar-refractivity contribution in [3.8, 4) is 0 Å². The van der Waals surface area contributed by atoms with E-state index in [0.29, 0.717) is 5.56 Å². The van der Waals surface area contributed by atoms with Crippen molar-refractivity contribution in [2.24, 2.45) is 5.10 Å². The van der Waals surface area contributed by atoms with E-state index in [4.69, 9.17) is 0 Å². The standard InChI is InChI=1S/C16H15N3O/c1-2-18-12-19(15-11-7-6-10-14(15)18)17-16(20)13-8-4-3-5-9-13/h3-12H,2H2,1H3. The van der Waals surface area contributed by atoms with E-state index >= 15 is 0 Å². The van der Waals surface area contributed by atoms with Crippen molar-refractivity contribution >= 4 is 16.9 Å². The summed E-state index contributed by atoms with van der Waals surface area (Å²) in [6.45, 7) is 2.90. The first-order chi connectivity index (χ1) is 9.79. The summed E-state index contributed by atoms with van der Waals surface area (Å²) in [5, 5.41) is 16.3. The number of nitrogens with zero attached hydrogens (tertiary/aromatic N) is 3. The molecule has 0 bridgehead atoms. The van der Waals surface area contributed by atoms with Crippen LogP contribution in [0.15, 0.2) is 66.0 Å². The average molecular weight is 265 g/mol. The molecular formula is C16H15N3O. The van der Waals surface area contributed by atoms with Crippen LogP contribution in [0, 0.1) is 0 Å². The number of rotatable bonds is 3. The van der Waals surface area contributed by atoms with Crippen LogP contribution in [0.4, 0.5) is 0 Å². The van der Waals surface area contributed by atoms with E-state index in [1.165, 1.54) is 0 Å². The molecule has 2 aromatic carbocycles. The smallest absolute Gasteiger partial charge is 0.270 e. The lowest BCUT2D eigenvalue weighted by molar-refractivity contribution is -0.668. The quantitative estimate of drug-likeness (QED) is 0.402. The molecule has 1 heterocycles. The van der Waals surface area contributed by atoms with Gasteiger partial charge in [-0.2, -0.15) is 0 Å². The number of imidazole rings is 1. The Morgan fingerprint density at radius 3 is 2.55 bits per heavy atom. The first-order valence-corrected chi connectivity index (χ1v) is 6.60. The van der Waals surface area contributed by atoms with Gasteiger partial charge in [0.05, 0.1) is 6.54 Å². The van der Waals surface area contributed by atoms with Crippen LogP contribution >= 0.6 is 0 Å². The molecule has 0 amide bonds. The zero-order chi connectivity index (χ0) is 13.9. The van der Waals surface area contributed by atoms with Crippen molar-refractivity contribution in [2.75, 3.05) is 0 Å². The van der Waals surface area contributed by atoms with Gasteiger partial charge in [-0.25, -0.2) is 4.57 Å². The van der Waals surface area contributed by atoms with Crippen LogP contribution in [0.3, 0.4) is 0 Å². The van der Waals surface area contributed by atoms with Crippen LogP contribution in [-0.4, -0.2) is 10.6 Å². The fraction of sp³-hybridized carbons (Fsp3) is 0.125. The van der Waals surface area contributed by atoms with Crippen LogP contribution in [0.1, 0.15) is 12.5 Å². The van der Waals surface area contributed by atoms with Crippen molar-refractivity contribution < 1.29 is 9.67 Å². The average Bonchev–Trinajstić information content (AvgIpc) is 2.86. The molecule has 0 atom stereocenters. The third kappa shape index (κ3) is 2.16. The highest BCUT2D eigenvalue weighted by Gasteiger charge is 2.13. The third-order valence-electron chi connectivity index (χ3n) is 3.25. The predicted octanol–water partition coefficient (Wildman–Crippen LogP) is 1.52. The Morgan fingerprint density at radius 2 is 1.80 bits per heavy atom. The maximum Gasteiger partial charge on any atom is 0.270 e. The zero-order valence-corrected chi connectivity index (χ0v) is 11.2. The van der Waals surface area contributed by atoms with Crippen LogP contribution in [0.5, 0.6) is 0 Å². The van der Waals surface area contributed by atoms with E-state index in [9.17, 15) is 5.11 Å². The van der Waals surface area contributed by atoms with E-state index in [1.807, 2.05) is 48.8 Å². The summed E-state index contributed by atoms with van der Waals surface area (Å²) in [5.74, 6) is -0.241. The molecule has 3 rings (SSSR count). The zero-order valence-electron chi connectivity index (χ0n) is 11.2. The second kappa shape index (κ2) is 5.17. The van der Waals surface area contributed by atoms with Gasteiger partial charge in [-0.15, -0.1) is 4.68 Å². The lowest BCUT2D eigenvalue weighted by Gasteiger charge is -2.07. The molecule has 0 aliphatic rings. The summed E-state index contributed by atoms with van der Waals surface area (Å²) >= 11 is 0. The van der Waals surface area contributed by atoms with Gasteiger partial charge in [-0.05, 0) is 24.6 Å². The molecule has 3 aromatic rings. The minimum atomic E-state index is -0.241. The predicted molar refractivity (Wildman–Crippen MR) is 76.2 cm³/mol. The molecule has 1 aromatic heterocycles. The van der Waals surface area contributed by atoms with E-state index in [-0.39, 0.29) is 5.90 Å². The molecule has 0 fully saturated rings. The Kier molecular flexibility index (Phi) is 3.21. The largest absolute Gasteiger partial charge is 0.856 e. The van der Waals surface area contributed by atoms with Crippen LogP contribution < -0.4 is 9.67 Å². The molecule has 0 saturated carbocycles. The molecule has 4 nitrogen and oxygen atoms in total. The highest BCUT2D eigenvalue weighted by Crippen LogP contribution is 2.11. The number of aryl methyl sites for hydroxylation is 1. The maximum absolute atomic E-state index is 12.2. The van der Waals surface area contributed by atoms with E-state index in [2.05, 4.69) is 16.6 Å². The normalized spacial score (nSPS) is 11.9. The topological polar surface area (TPSA) is 44.2 Å². The lowest BCUT2D eigenvalue weighted by Crippen LogP contribution is -2.30. The second-order valence-corrected chi connectivity index (χ2v) is 4.51. The Balaban J connectivity index is 2.11. The maximum atomic E-state index is 12.2. The van der Waals surface area contributed by atoms with Gasteiger partial charge < -0.3 is 5.11 Å². The minimum Gasteiger partial charge on any atom is -0.856 e. The van der Waals surface area contributed by atoms with E-state index < -0.39 is 0 Å². The first-order valence-electron chi connectivity index (χ1n) is 6.60. The van der Waals surface area contributed by atoms with Gasteiger partial charge in [-0.3, -0.25) is 0 Å². The van der Waals surface area contributed by atoms with Crippen LogP contribution in [-0.2, 0) is 6.54 Å². The number of fused-ring (bicyclic) bond motifs is 1. The summed E-state index contributed by atoms with van der Waals surface area (Å²) in [7, 11) is 0. The van der Waals surface area contributed by atoms with Gasteiger partial charge in [0, 0.05) is 5.90 Å². The molecule has 0 radical (unpaired) electrons.